The molecule has 0 amide bonds. The first kappa shape index (κ1) is 15.6. The van der Waals surface area contributed by atoms with Gasteiger partial charge < -0.3 is 15.4 Å². The molecule has 1 aromatic rings. The first-order valence-electron chi connectivity index (χ1n) is 7.50. The van der Waals surface area contributed by atoms with E-state index in [1.165, 1.54) is 17.7 Å². The van der Waals surface area contributed by atoms with Crippen LogP contribution in [-0.4, -0.2) is 31.8 Å². The number of hydrogen-bond donors (Lipinski definition) is 1. The summed E-state index contributed by atoms with van der Waals surface area (Å²) in [6.07, 6.45) is 3.52. The highest BCUT2D eigenvalue weighted by molar-refractivity contribution is 6.30. The van der Waals surface area contributed by atoms with Crippen LogP contribution >= 0.6 is 11.6 Å². The van der Waals surface area contributed by atoms with Gasteiger partial charge in [-0.05, 0) is 56.9 Å². The summed E-state index contributed by atoms with van der Waals surface area (Å²) in [5.74, 6) is 0. The predicted octanol–water partition coefficient (Wildman–Crippen LogP) is 3.24. The molecule has 1 fully saturated rings. The van der Waals surface area contributed by atoms with Crippen molar-refractivity contribution in [3.8, 4) is 0 Å². The molecule has 1 heterocycles. The summed E-state index contributed by atoms with van der Waals surface area (Å²) in [5.41, 5.74) is 8.46. The Kier molecular flexibility index (Phi) is 5.70. The molecule has 2 rings (SSSR count). The van der Waals surface area contributed by atoms with Gasteiger partial charge >= 0.3 is 0 Å². The van der Waals surface area contributed by atoms with E-state index >= 15 is 0 Å². The highest BCUT2D eigenvalue weighted by atomic mass is 35.5. The summed E-state index contributed by atoms with van der Waals surface area (Å²) in [6.45, 7) is 6.91. The Bertz CT molecular complexity index is 434. The van der Waals surface area contributed by atoms with Crippen molar-refractivity contribution in [2.75, 3.05) is 24.6 Å². The van der Waals surface area contributed by atoms with Gasteiger partial charge in [0.2, 0.25) is 0 Å². The van der Waals surface area contributed by atoms with Crippen molar-refractivity contribution in [2.45, 2.75) is 45.3 Å². The maximum atomic E-state index is 6.13. The average molecular weight is 297 g/mol. The van der Waals surface area contributed by atoms with Crippen LogP contribution in [0.5, 0.6) is 0 Å². The minimum absolute atomic E-state index is 0.139. The van der Waals surface area contributed by atoms with Crippen LogP contribution in [0.2, 0.25) is 5.02 Å². The number of benzene rings is 1. The molecule has 2 atom stereocenters. The van der Waals surface area contributed by atoms with Gasteiger partial charge in [-0.3, -0.25) is 0 Å². The van der Waals surface area contributed by atoms with Crippen LogP contribution in [0.15, 0.2) is 18.2 Å². The Morgan fingerprint density at radius 3 is 3.00 bits per heavy atom. The first-order chi connectivity index (χ1) is 9.60. The van der Waals surface area contributed by atoms with Gasteiger partial charge in [-0.1, -0.05) is 11.6 Å². The lowest BCUT2D eigenvalue weighted by Gasteiger charge is -2.35. The van der Waals surface area contributed by atoms with Crippen molar-refractivity contribution in [1.82, 2.24) is 0 Å². The van der Waals surface area contributed by atoms with Crippen LogP contribution in [0.25, 0.3) is 0 Å². The normalized spacial score (nSPS) is 21.0. The van der Waals surface area contributed by atoms with E-state index in [9.17, 15) is 0 Å². The van der Waals surface area contributed by atoms with Gasteiger partial charge in [0.1, 0.15) is 0 Å². The molecule has 4 heteroatoms. The van der Waals surface area contributed by atoms with E-state index in [1.807, 2.05) is 19.1 Å². The molecule has 1 aliphatic heterocycles. The number of nitrogens with two attached hydrogens (primary N) is 1. The van der Waals surface area contributed by atoms with E-state index in [1.54, 1.807) is 0 Å². The van der Waals surface area contributed by atoms with Crippen LogP contribution in [0.3, 0.4) is 0 Å². The molecular weight excluding hydrogens is 272 g/mol. The van der Waals surface area contributed by atoms with Gasteiger partial charge in [0.05, 0.1) is 6.10 Å². The lowest BCUT2D eigenvalue weighted by molar-refractivity contribution is 0.0526. The molecule has 0 bridgehead atoms. The fourth-order valence-corrected chi connectivity index (χ4v) is 3.10. The molecule has 1 aliphatic rings. The molecule has 0 radical (unpaired) electrons. The SMILES string of the molecule is CCOC1CCCN(c2ccc(Cl)cc2CC(C)N)C1. The lowest BCUT2D eigenvalue weighted by Crippen LogP contribution is -2.40. The van der Waals surface area contributed by atoms with E-state index in [0.29, 0.717) is 6.10 Å². The van der Waals surface area contributed by atoms with Crippen molar-refractivity contribution in [3.63, 3.8) is 0 Å². The molecule has 1 aromatic carbocycles. The second kappa shape index (κ2) is 7.30. The van der Waals surface area contributed by atoms with Crippen LogP contribution in [0, 0.1) is 0 Å². The van der Waals surface area contributed by atoms with Crippen molar-refractivity contribution < 1.29 is 4.74 Å². The molecule has 0 aliphatic carbocycles. The number of halogens is 1. The number of piperidine rings is 1. The van der Waals surface area contributed by atoms with Gasteiger partial charge in [0.15, 0.2) is 0 Å². The fourth-order valence-electron chi connectivity index (χ4n) is 2.90. The van der Waals surface area contributed by atoms with Crippen LogP contribution in [0.1, 0.15) is 32.3 Å². The van der Waals surface area contributed by atoms with Gasteiger partial charge in [0.25, 0.3) is 0 Å². The molecule has 112 valence electrons. The Labute approximate surface area is 127 Å². The molecule has 3 nitrogen and oxygen atoms in total. The summed E-state index contributed by atoms with van der Waals surface area (Å²) in [4.78, 5) is 2.41. The first-order valence-corrected chi connectivity index (χ1v) is 7.88. The summed E-state index contributed by atoms with van der Waals surface area (Å²) in [5, 5.41) is 0.780. The number of anilines is 1. The van der Waals surface area contributed by atoms with Gasteiger partial charge in [0, 0.05) is 36.4 Å². The fraction of sp³-hybridized carbons (Fsp3) is 0.625. The summed E-state index contributed by atoms with van der Waals surface area (Å²) < 4.78 is 5.79. The minimum Gasteiger partial charge on any atom is -0.377 e. The van der Waals surface area contributed by atoms with Gasteiger partial charge in [-0.15, -0.1) is 0 Å². The number of nitrogens with zero attached hydrogens (tertiary/aromatic N) is 1. The molecular formula is C16H25ClN2O. The molecule has 2 unspecified atom stereocenters. The average Bonchev–Trinajstić information content (AvgIpc) is 2.39. The largest absolute Gasteiger partial charge is 0.377 e. The highest BCUT2D eigenvalue weighted by Gasteiger charge is 2.22. The second-order valence-electron chi connectivity index (χ2n) is 5.62. The number of hydrogen-bond acceptors (Lipinski definition) is 3. The van der Waals surface area contributed by atoms with Crippen molar-refractivity contribution in [1.29, 1.82) is 0 Å². The van der Waals surface area contributed by atoms with Gasteiger partial charge in [-0.2, -0.15) is 0 Å². The van der Waals surface area contributed by atoms with E-state index < -0.39 is 0 Å². The van der Waals surface area contributed by atoms with Crippen molar-refractivity contribution in [2.24, 2.45) is 5.73 Å². The van der Waals surface area contributed by atoms with Crippen LogP contribution < -0.4 is 10.6 Å². The van der Waals surface area contributed by atoms with Crippen LogP contribution in [0.4, 0.5) is 5.69 Å². The Hall–Kier alpha value is -0.770. The van der Waals surface area contributed by atoms with E-state index in [4.69, 9.17) is 22.1 Å². The third-order valence-electron chi connectivity index (χ3n) is 3.70. The topological polar surface area (TPSA) is 38.5 Å². The molecule has 1 saturated heterocycles. The van der Waals surface area contributed by atoms with Crippen molar-refractivity contribution in [3.05, 3.63) is 28.8 Å². The standard InChI is InChI=1S/C16H25ClN2O/c1-3-20-15-5-4-8-19(11-15)16-7-6-14(17)10-13(16)9-12(2)18/h6-7,10,12,15H,3-5,8-9,11,18H2,1-2H3. The number of ether oxygens (including phenoxy) is 1. The smallest absolute Gasteiger partial charge is 0.0750 e. The number of rotatable bonds is 5. The second-order valence-corrected chi connectivity index (χ2v) is 6.06. The molecule has 0 spiro atoms. The quantitative estimate of drug-likeness (QED) is 0.906. The zero-order chi connectivity index (χ0) is 14.5. The maximum absolute atomic E-state index is 6.13. The van der Waals surface area contributed by atoms with Gasteiger partial charge in [-0.25, -0.2) is 0 Å². The zero-order valence-corrected chi connectivity index (χ0v) is 13.2. The Balaban J connectivity index is 2.18. The lowest BCUT2D eigenvalue weighted by atomic mass is 10.0. The summed E-state index contributed by atoms with van der Waals surface area (Å²) in [6, 6.07) is 6.27. The van der Waals surface area contributed by atoms with E-state index in [0.717, 1.165) is 37.6 Å². The highest BCUT2D eigenvalue weighted by Crippen LogP contribution is 2.28. The third kappa shape index (κ3) is 4.11. The molecule has 20 heavy (non-hydrogen) atoms. The zero-order valence-electron chi connectivity index (χ0n) is 12.4. The third-order valence-corrected chi connectivity index (χ3v) is 3.94. The maximum Gasteiger partial charge on any atom is 0.0750 e. The molecule has 0 aromatic heterocycles. The Morgan fingerprint density at radius 2 is 2.30 bits per heavy atom. The minimum atomic E-state index is 0.139. The predicted molar refractivity (Wildman–Crippen MR) is 85.7 cm³/mol. The van der Waals surface area contributed by atoms with E-state index in [-0.39, 0.29) is 6.04 Å². The molecule has 0 saturated carbocycles. The van der Waals surface area contributed by atoms with E-state index in [2.05, 4.69) is 17.9 Å². The van der Waals surface area contributed by atoms with Crippen LogP contribution in [-0.2, 0) is 11.2 Å². The van der Waals surface area contributed by atoms with Crippen molar-refractivity contribution >= 4 is 17.3 Å². The summed E-state index contributed by atoms with van der Waals surface area (Å²) >= 11 is 6.13. The molecule has 2 N–H and O–H groups in total. The monoisotopic (exact) mass is 296 g/mol. The Morgan fingerprint density at radius 1 is 1.50 bits per heavy atom. The summed E-state index contributed by atoms with van der Waals surface area (Å²) in [7, 11) is 0.